The first kappa shape index (κ1) is 21.9. The number of carbonyl (C=O) groups is 4. The van der Waals surface area contributed by atoms with Crippen LogP contribution in [0.4, 0.5) is 0 Å². The van der Waals surface area contributed by atoms with E-state index in [0.29, 0.717) is 44.2 Å². The number of benzene rings is 2. The fraction of sp³-hybridized carbons (Fsp3) is 0.296. The van der Waals surface area contributed by atoms with E-state index >= 15 is 0 Å². The van der Waals surface area contributed by atoms with Crippen LogP contribution in [-0.4, -0.2) is 44.2 Å². The van der Waals surface area contributed by atoms with Crippen LogP contribution in [-0.2, 0) is 33.8 Å². The Bertz CT molecular complexity index is 1260. The van der Waals surface area contributed by atoms with Gasteiger partial charge in [-0.25, -0.2) is 4.98 Å². The van der Waals surface area contributed by atoms with Crippen LogP contribution in [0.5, 0.6) is 0 Å². The average Bonchev–Trinajstić information content (AvgIpc) is 3.47. The highest BCUT2D eigenvalue weighted by atomic mass is 16.2. The van der Waals surface area contributed by atoms with Gasteiger partial charge in [0.2, 0.25) is 0 Å². The normalized spacial score (nSPS) is 17.8. The standard InChI is InChI=1S/C27H25N3O4/c31-21(14-18-1-5-19(6-2-18)26-28-11-12-29-26)7-3-17-4-9-23-20(13-17)16-30(27(23)34)24-10-8-22(32)15-25(24)33/h1-2,4-6,9,11-13,24H,3,7-8,10,14-16H2,(H,28,29). The summed E-state index contributed by atoms with van der Waals surface area (Å²) in [6.45, 7) is 0.378. The van der Waals surface area contributed by atoms with E-state index in [2.05, 4.69) is 9.97 Å². The molecule has 5 rings (SSSR count). The first-order valence-electron chi connectivity index (χ1n) is 11.6. The zero-order chi connectivity index (χ0) is 23.7. The number of nitrogens with zero attached hydrogens (tertiary/aromatic N) is 2. The molecule has 1 fully saturated rings. The van der Waals surface area contributed by atoms with Crippen molar-refractivity contribution in [3.63, 3.8) is 0 Å². The highest BCUT2D eigenvalue weighted by molar-refractivity contribution is 6.07. The molecular formula is C27H25N3O4. The number of ketones is 3. The number of amides is 1. The number of nitrogens with one attached hydrogen (secondary N) is 1. The third-order valence-electron chi connectivity index (χ3n) is 6.64. The Kier molecular flexibility index (Phi) is 5.92. The molecule has 1 aliphatic heterocycles. The molecule has 0 saturated heterocycles. The molecule has 7 heteroatoms. The quantitative estimate of drug-likeness (QED) is 0.550. The van der Waals surface area contributed by atoms with Gasteiger partial charge in [0.15, 0.2) is 5.78 Å². The molecule has 0 spiro atoms. The Morgan fingerprint density at radius 1 is 1.06 bits per heavy atom. The average molecular weight is 456 g/mol. The topological polar surface area (TPSA) is 100 Å². The first-order chi connectivity index (χ1) is 16.5. The second kappa shape index (κ2) is 9.17. The van der Waals surface area contributed by atoms with Gasteiger partial charge < -0.3 is 9.88 Å². The predicted octanol–water partition coefficient (Wildman–Crippen LogP) is 3.47. The van der Waals surface area contributed by atoms with E-state index in [-0.39, 0.29) is 29.7 Å². The molecule has 0 radical (unpaired) electrons. The molecule has 34 heavy (non-hydrogen) atoms. The first-order valence-corrected chi connectivity index (χ1v) is 11.6. The van der Waals surface area contributed by atoms with Gasteiger partial charge in [-0.3, -0.25) is 19.2 Å². The van der Waals surface area contributed by atoms with Crippen molar-refractivity contribution >= 4 is 23.3 Å². The van der Waals surface area contributed by atoms with Crippen LogP contribution in [0.2, 0.25) is 0 Å². The second-order valence-corrected chi connectivity index (χ2v) is 9.01. The van der Waals surface area contributed by atoms with Crippen LogP contribution in [0, 0.1) is 0 Å². The number of fused-ring (bicyclic) bond motifs is 1. The highest BCUT2D eigenvalue weighted by Crippen LogP contribution is 2.30. The van der Waals surface area contributed by atoms with E-state index in [1.165, 1.54) is 0 Å². The Morgan fingerprint density at radius 3 is 2.59 bits per heavy atom. The molecule has 1 atom stereocenters. The molecule has 2 aromatic carbocycles. The molecule has 172 valence electrons. The lowest BCUT2D eigenvalue weighted by Gasteiger charge is -2.29. The summed E-state index contributed by atoms with van der Waals surface area (Å²) in [7, 11) is 0. The van der Waals surface area contributed by atoms with E-state index < -0.39 is 6.04 Å². The molecule has 1 amide bonds. The molecule has 3 aromatic rings. The van der Waals surface area contributed by atoms with Crippen molar-refractivity contribution in [2.24, 2.45) is 0 Å². The van der Waals surface area contributed by atoms with Crippen LogP contribution in [0.3, 0.4) is 0 Å². The van der Waals surface area contributed by atoms with Gasteiger partial charge in [0, 0.05) is 49.3 Å². The summed E-state index contributed by atoms with van der Waals surface area (Å²) in [6.07, 6.45) is 5.54. The van der Waals surface area contributed by atoms with Gasteiger partial charge in [-0.1, -0.05) is 36.4 Å². The smallest absolute Gasteiger partial charge is 0.255 e. The molecule has 1 N–H and O–H groups in total. The number of hydrogen-bond acceptors (Lipinski definition) is 5. The summed E-state index contributed by atoms with van der Waals surface area (Å²) < 4.78 is 0. The lowest BCUT2D eigenvalue weighted by Crippen LogP contribution is -2.44. The van der Waals surface area contributed by atoms with Crippen molar-refractivity contribution < 1.29 is 19.2 Å². The SMILES string of the molecule is O=C1CCC(N2Cc3cc(CCC(=O)Cc4ccc(-c5ncc[nH]5)cc4)ccc3C2=O)C(=O)C1. The fourth-order valence-corrected chi connectivity index (χ4v) is 4.80. The van der Waals surface area contributed by atoms with Crippen LogP contribution >= 0.6 is 0 Å². The minimum absolute atomic E-state index is 0.0502. The lowest BCUT2D eigenvalue weighted by molar-refractivity contribution is -0.133. The van der Waals surface area contributed by atoms with Crippen molar-refractivity contribution in [2.75, 3.05) is 0 Å². The lowest BCUT2D eigenvalue weighted by atomic mass is 9.92. The molecule has 1 unspecified atom stereocenters. The number of aromatic nitrogens is 2. The summed E-state index contributed by atoms with van der Waals surface area (Å²) >= 11 is 0. The number of carbonyl (C=O) groups excluding carboxylic acids is 4. The minimum Gasteiger partial charge on any atom is -0.345 e. The maximum absolute atomic E-state index is 12.8. The maximum Gasteiger partial charge on any atom is 0.255 e. The number of H-pyrrole nitrogens is 1. The Hall–Kier alpha value is -3.87. The van der Waals surface area contributed by atoms with Gasteiger partial charge in [-0.15, -0.1) is 0 Å². The van der Waals surface area contributed by atoms with Crippen molar-refractivity contribution in [3.8, 4) is 11.4 Å². The summed E-state index contributed by atoms with van der Waals surface area (Å²) in [5.74, 6) is 0.587. The third-order valence-corrected chi connectivity index (χ3v) is 6.64. The van der Waals surface area contributed by atoms with Gasteiger partial charge in [0.1, 0.15) is 17.4 Å². The summed E-state index contributed by atoms with van der Waals surface area (Å²) in [4.78, 5) is 58.1. The number of aryl methyl sites for hydroxylation is 1. The second-order valence-electron chi connectivity index (χ2n) is 9.01. The zero-order valence-corrected chi connectivity index (χ0v) is 18.8. The van der Waals surface area contributed by atoms with Gasteiger partial charge in [0.25, 0.3) is 5.91 Å². The molecule has 2 aliphatic rings. The molecular weight excluding hydrogens is 430 g/mol. The summed E-state index contributed by atoms with van der Waals surface area (Å²) in [5.41, 5.74) is 4.43. The van der Waals surface area contributed by atoms with Crippen LogP contribution in [0.25, 0.3) is 11.4 Å². The van der Waals surface area contributed by atoms with Gasteiger partial charge in [0.05, 0.1) is 12.5 Å². The fourth-order valence-electron chi connectivity index (χ4n) is 4.80. The highest BCUT2D eigenvalue weighted by Gasteiger charge is 2.38. The van der Waals surface area contributed by atoms with Crippen molar-refractivity contribution in [2.45, 2.75) is 51.1 Å². The van der Waals surface area contributed by atoms with Gasteiger partial charge in [-0.05, 0) is 35.6 Å². The Labute approximate surface area is 197 Å². The van der Waals surface area contributed by atoms with Gasteiger partial charge in [-0.2, -0.15) is 0 Å². The minimum atomic E-state index is -0.512. The number of rotatable bonds is 7. The van der Waals surface area contributed by atoms with Crippen molar-refractivity contribution in [1.82, 2.24) is 14.9 Å². The summed E-state index contributed by atoms with van der Waals surface area (Å²) in [6, 6.07) is 13.0. The largest absolute Gasteiger partial charge is 0.345 e. The van der Waals surface area contributed by atoms with Gasteiger partial charge >= 0.3 is 0 Å². The number of aromatic amines is 1. The Morgan fingerprint density at radius 2 is 1.85 bits per heavy atom. The Balaban J connectivity index is 1.18. The van der Waals surface area contributed by atoms with E-state index in [0.717, 1.165) is 28.1 Å². The number of hydrogen-bond donors (Lipinski definition) is 1. The van der Waals surface area contributed by atoms with Crippen LogP contribution in [0.1, 0.15) is 52.7 Å². The molecule has 7 nitrogen and oxygen atoms in total. The van der Waals surface area contributed by atoms with Crippen molar-refractivity contribution in [1.29, 1.82) is 0 Å². The van der Waals surface area contributed by atoms with Crippen LogP contribution < -0.4 is 0 Å². The molecule has 1 aromatic heterocycles. The number of Topliss-reactive ketones (excluding diaryl/α,β-unsaturated/α-hetero) is 3. The number of imidazole rings is 1. The van der Waals surface area contributed by atoms with E-state index in [9.17, 15) is 19.2 Å². The maximum atomic E-state index is 12.8. The van der Waals surface area contributed by atoms with E-state index in [4.69, 9.17) is 0 Å². The predicted molar refractivity (Wildman–Crippen MR) is 125 cm³/mol. The van der Waals surface area contributed by atoms with E-state index in [1.807, 2.05) is 36.4 Å². The third kappa shape index (κ3) is 4.46. The molecule has 2 heterocycles. The van der Waals surface area contributed by atoms with Crippen LogP contribution in [0.15, 0.2) is 54.9 Å². The molecule has 1 aliphatic carbocycles. The molecule has 1 saturated carbocycles. The summed E-state index contributed by atoms with van der Waals surface area (Å²) in [5, 5.41) is 0. The van der Waals surface area contributed by atoms with Crippen molar-refractivity contribution in [3.05, 3.63) is 77.1 Å². The molecule has 0 bridgehead atoms. The van der Waals surface area contributed by atoms with E-state index in [1.54, 1.807) is 23.4 Å². The zero-order valence-electron chi connectivity index (χ0n) is 18.8. The monoisotopic (exact) mass is 455 g/mol.